The lowest BCUT2D eigenvalue weighted by Crippen LogP contribution is -2.46. The van der Waals surface area contributed by atoms with Crippen molar-refractivity contribution in [1.29, 1.82) is 0 Å². The maximum absolute atomic E-state index is 5.47. The highest BCUT2D eigenvalue weighted by molar-refractivity contribution is 5.80. The Morgan fingerprint density at radius 2 is 2.27 bits per heavy atom. The summed E-state index contributed by atoms with van der Waals surface area (Å²) in [4.78, 5) is 11.3. The number of ether oxygens (including phenoxy) is 1. The fourth-order valence-corrected chi connectivity index (χ4v) is 3.13. The molecule has 0 bridgehead atoms. The average molecular weight is 304 g/mol. The average Bonchev–Trinajstić information content (AvgIpc) is 2.50. The molecule has 0 spiro atoms. The lowest BCUT2D eigenvalue weighted by Gasteiger charge is -2.33. The number of nitrogens with zero attached hydrogens (tertiary/aromatic N) is 3. The van der Waals surface area contributed by atoms with E-state index in [0.717, 1.165) is 47.5 Å². The number of aromatic nitrogens is 1. The number of hydrogen-bond acceptors (Lipinski definition) is 3. The number of aryl methyl sites for hydroxylation is 1. The van der Waals surface area contributed by atoms with E-state index in [-0.39, 0.29) is 0 Å². The molecular formula is C17H28N4O. The Morgan fingerprint density at radius 1 is 1.50 bits per heavy atom. The number of piperidine rings is 1. The molecule has 0 aliphatic carbocycles. The van der Waals surface area contributed by atoms with Crippen LogP contribution in [0.3, 0.4) is 0 Å². The van der Waals surface area contributed by atoms with Gasteiger partial charge < -0.3 is 15.0 Å². The lowest BCUT2D eigenvalue weighted by molar-refractivity contribution is 0.266. The van der Waals surface area contributed by atoms with Crippen molar-refractivity contribution in [3.8, 4) is 5.75 Å². The number of nitrogens with one attached hydrogen (secondary N) is 1. The number of likely N-dealkylation sites (tertiary alicyclic amines) is 1. The number of methoxy groups -OCH3 is 1. The Labute approximate surface area is 133 Å². The number of pyridine rings is 1. The van der Waals surface area contributed by atoms with Gasteiger partial charge >= 0.3 is 0 Å². The quantitative estimate of drug-likeness (QED) is 0.688. The Morgan fingerprint density at radius 3 is 2.91 bits per heavy atom. The Balaban J connectivity index is 2.05. The molecule has 1 atom stereocenters. The van der Waals surface area contributed by atoms with Gasteiger partial charge in [0.25, 0.3) is 0 Å². The zero-order valence-corrected chi connectivity index (χ0v) is 14.4. The van der Waals surface area contributed by atoms with E-state index in [1.54, 1.807) is 7.11 Å². The third-order valence-electron chi connectivity index (χ3n) is 4.33. The molecular weight excluding hydrogens is 276 g/mol. The first-order chi connectivity index (χ1) is 10.6. The van der Waals surface area contributed by atoms with Gasteiger partial charge in [0.05, 0.1) is 19.3 Å². The third kappa shape index (κ3) is 3.70. The van der Waals surface area contributed by atoms with Gasteiger partial charge in [-0.1, -0.05) is 6.92 Å². The van der Waals surface area contributed by atoms with Crippen LogP contribution in [0.5, 0.6) is 5.75 Å². The van der Waals surface area contributed by atoms with Gasteiger partial charge in [0, 0.05) is 37.5 Å². The number of guanidine groups is 1. The van der Waals surface area contributed by atoms with Crippen LogP contribution in [0, 0.1) is 19.8 Å². The fourth-order valence-electron chi connectivity index (χ4n) is 3.13. The molecule has 0 aromatic carbocycles. The van der Waals surface area contributed by atoms with E-state index >= 15 is 0 Å². The maximum atomic E-state index is 5.47. The second kappa shape index (κ2) is 7.47. The van der Waals surface area contributed by atoms with Gasteiger partial charge in [-0.15, -0.1) is 0 Å². The molecule has 1 aromatic rings. The molecule has 0 amide bonds. The third-order valence-corrected chi connectivity index (χ3v) is 4.33. The van der Waals surface area contributed by atoms with Crippen molar-refractivity contribution in [3.05, 3.63) is 23.0 Å². The highest BCUT2D eigenvalue weighted by Crippen LogP contribution is 2.24. The van der Waals surface area contributed by atoms with E-state index in [0.29, 0.717) is 6.54 Å². The highest BCUT2D eigenvalue weighted by Gasteiger charge is 2.19. The van der Waals surface area contributed by atoms with Crippen LogP contribution >= 0.6 is 0 Å². The summed E-state index contributed by atoms with van der Waals surface area (Å²) in [5, 5.41) is 3.45. The minimum absolute atomic E-state index is 0.667. The second-order valence-corrected chi connectivity index (χ2v) is 6.14. The number of hydrogen-bond donors (Lipinski definition) is 1. The van der Waals surface area contributed by atoms with Gasteiger partial charge in [-0.25, -0.2) is 0 Å². The predicted molar refractivity (Wildman–Crippen MR) is 90.4 cm³/mol. The number of rotatable bonds is 3. The Kier molecular flexibility index (Phi) is 5.63. The molecule has 1 fully saturated rings. The molecule has 0 saturated carbocycles. The minimum atomic E-state index is 0.667. The normalized spacial score (nSPS) is 19.2. The molecule has 1 N–H and O–H groups in total. The van der Waals surface area contributed by atoms with Crippen LogP contribution in [0.15, 0.2) is 11.2 Å². The largest absolute Gasteiger partial charge is 0.496 e. The van der Waals surface area contributed by atoms with Crippen LogP contribution in [-0.2, 0) is 6.54 Å². The predicted octanol–water partition coefficient (Wildman–Crippen LogP) is 2.51. The van der Waals surface area contributed by atoms with Gasteiger partial charge in [0.1, 0.15) is 5.75 Å². The van der Waals surface area contributed by atoms with Gasteiger partial charge in [0.2, 0.25) is 0 Å². The van der Waals surface area contributed by atoms with Crippen molar-refractivity contribution in [2.45, 2.75) is 40.2 Å². The van der Waals surface area contributed by atoms with E-state index in [9.17, 15) is 0 Å². The molecule has 5 nitrogen and oxygen atoms in total. The molecule has 122 valence electrons. The standard InChI is InChI=1S/C17H28N4O/c1-12-7-6-8-21(11-12)17(18-4)20-10-15-14(3)16(22-5)13(2)9-19-15/h9,12H,6-8,10-11H2,1-5H3,(H,18,20). The Hall–Kier alpha value is -1.78. The van der Waals surface area contributed by atoms with Crippen molar-refractivity contribution in [3.63, 3.8) is 0 Å². The summed E-state index contributed by atoms with van der Waals surface area (Å²) in [6.45, 7) is 9.19. The molecule has 22 heavy (non-hydrogen) atoms. The van der Waals surface area contributed by atoms with Crippen LogP contribution in [0.1, 0.15) is 36.6 Å². The van der Waals surface area contributed by atoms with Gasteiger partial charge in [-0.05, 0) is 32.6 Å². The van der Waals surface area contributed by atoms with Crippen molar-refractivity contribution < 1.29 is 4.74 Å². The summed E-state index contributed by atoms with van der Waals surface area (Å²) in [6.07, 6.45) is 4.41. The topological polar surface area (TPSA) is 49.8 Å². The van der Waals surface area contributed by atoms with Crippen LogP contribution in [0.25, 0.3) is 0 Å². The molecule has 1 aliphatic rings. The smallest absolute Gasteiger partial charge is 0.193 e. The van der Waals surface area contributed by atoms with Gasteiger partial charge in [-0.3, -0.25) is 9.98 Å². The van der Waals surface area contributed by atoms with Crippen LogP contribution < -0.4 is 10.1 Å². The summed E-state index contributed by atoms with van der Waals surface area (Å²) < 4.78 is 5.47. The first kappa shape index (κ1) is 16.6. The summed E-state index contributed by atoms with van der Waals surface area (Å²) in [5.74, 6) is 2.62. The van der Waals surface area contributed by atoms with E-state index in [4.69, 9.17) is 4.74 Å². The zero-order chi connectivity index (χ0) is 16.1. The van der Waals surface area contributed by atoms with Crippen LogP contribution in [-0.4, -0.2) is 43.1 Å². The molecule has 1 aliphatic heterocycles. The van der Waals surface area contributed by atoms with Crippen molar-refractivity contribution in [1.82, 2.24) is 15.2 Å². The first-order valence-corrected chi connectivity index (χ1v) is 8.01. The number of aliphatic imine (C=N–C) groups is 1. The minimum Gasteiger partial charge on any atom is -0.496 e. The Bertz CT molecular complexity index is 542. The monoisotopic (exact) mass is 304 g/mol. The lowest BCUT2D eigenvalue weighted by atomic mass is 10.0. The summed E-state index contributed by atoms with van der Waals surface area (Å²) in [6, 6.07) is 0. The molecule has 2 rings (SSSR count). The highest BCUT2D eigenvalue weighted by atomic mass is 16.5. The first-order valence-electron chi connectivity index (χ1n) is 8.01. The van der Waals surface area contributed by atoms with Crippen LogP contribution in [0.4, 0.5) is 0 Å². The van der Waals surface area contributed by atoms with Gasteiger partial charge in [-0.2, -0.15) is 0 Å². The zero-order valence-electron chi connectivity index (χ0n) is 14.4. The SMILES string of the molecule is CN=C(NCc1ncc(C)c(OC)c1C)N1CCCC(C)C1. The summed E-state index contributed by atoms with van der Waals surface area (Å²) in [5.41, 5.74) is 3.17. The summed E-state index contributed by atoms with van der Waals surface area (Å²) in [7, 11) is 3.55. The molecule has 2 heterocycles. The van der Waals surface area contributed by atoms with E-state index in [2.05, 4.69) is 34.0 Å². The molecule has 1 saturated heterocycles. The molecule has 0 radical (unpaired) electrons. The van der Waals surface area contributed by atoms with Crippen molar-refractivity contribution >= 4 is 5.96 Å². The van der Waals surface area contributed by atoms with Crippen molar-refractivity contribution in [2.24, 2.45) is 10.9 Å². The van der Waals surface area contributed by atoms with Crippen LogP contribution in [0.2, 0.25) is 0 Å². The van der Waals surface area contributed by atoms with E-state index < -0.39 is 0 Å². The van der Waals surface area contributed by atoms with E-state index in [1.165, 1.54) is 12.8 Å². The van der Waals surface area contributed by atoms with E-state index in [1.807, 2.05) is 20.2 Å². The maximum Gasteiger partial charge on any atom is 0.193 e. The van der Waals surface area contributed by atoms with Gasteiger partial charge in [0.15, 0.2) is 5.96 Å². The van der Waals surface area contributed by atoms with Crippen molar-refractivity contribution in [2.75, 3.05) is 27.2 Å². The molecule has 1 unspecified atom stereocenters. The second-order valence-electron chi connectivity index (χ2n) is 6.14. The fraction of sp³-hybridized carbons (Fsp3) is 0.647. The molecule has 5 heteroatoms. The summed E-state index contributed by atoms with van der Waals surface area (Å²) >= 11 is 0. The molecule has 1 aromatic heterocycles.